The lowest BCUT2D eigenvalue weighted by Crippen LogP contribution is -2.30. The molecule has 3 aromatic carbocycles. The molecule has 164 valence electrons. The molecule has 1 aliphatic heterocycles. The van der Waals surface area contributed by atoms with Gasteiger partial charge in [-0.25, -0.2) is 0 Å². The molecule has 0 saturated carbocycles. The number of nitrogens with one attached hydrogen (secondary N) is 1. The van der Waals surface area contributed by atoms with Crippen LogP contribution in [0.3, 0.4) is 0 Å². The summed E-state index contributed by atoms with van der Waals surface area (Å²) in [4.78, 5) is 27.8. The Morgan fingerprint density at radius 2 is 1.55 bits per heavy atom. The highest BCUT2D eigenvalue weighted by Gasteiger charge is 2.25. The number of aromatic nitrogens is 1. The van der Waals surface area contributed by atoms with E-state index in [1.165, 1.54) is 0 Å². The molecule has 2 heterocycles. The highest BCUT2D eigenvalue weighted by atomic mass is 35.5. The van der Waals surface area contributed by atoms with Crippen LogP contribution in [-0.4, -0.2) is 16.4 Å². The molecule has 1 N–H and O–H groups in total. The van der Waals surface area contributed by atoms with Crippen molar-refractivity contribution in [2.45, 2.75) is 18.5 Å². The zero-order valence-electron chi connectivity index (χ0n) is 17.8. The van der Waals surface area contributed by atoms with Crippen LogP contribution >= 0.6 is 11.6 Å². The minimum Gasteiger partial charge on any atom is -0.345 e. The fraction of sp³-hybridized carbons (Fsp3) is 0.111. The van der Waals surface area contributed by atoms with Crippen LogP contribution in [0.25, 0.3) is 0 Å². The van der Waals surface area contributed by atoms with E-state index in [0.717, 1.165) is 29.1 Å². The molecule has 33 heavy (non-hydrogen) atoms. The Bertz CT molecular complexity index is 1300. The topological polar surface area (TPSA) is 54.3 Å². The van der Waals surface area contributed by atoms with Gasteiger partial charge in [0.1, 0.15) is 5.38 Å². The molecule has 5 rings (SSSR count). The second-order valence-electron chi connectivity index (χ2n) is 7.99. The maximum atomic E-state index is 13.5. The Hall–Kier alpha value is -3.83. The third-order valence-electron chi connectivity index (χ3n) is 5.83. The molecule has 0 fully saturated rings. The normalized spacial score (nSPS) is 13.4. The number of rotatable bonds is 4. The van der Waals surface area contributed by atoms with E-state index in [1.54, 1.807) is 24.3 Å². The summed E-state index contributed by atoms with van der Waals surface area (Å²) < 4.78 is 2.17. The van der Waals surface area contributed by atoms with Crippen molar-refractivity contribution in [3.63, 3.8) is 0 Å². The van der Waals surface area contributed by atoms with Crippen molar-refractivity contribution in [3.8, 4) is 0 Å². The molecule has 1 unspecified atom stereocenters. The fourth-order valence-electron chi connectivity index (χ4n) is 4.10. The number of anilines is 2. The van der Waals surface area contributed by atoms with Gasteiger partial charge in [0.05, 0.1) is 6.54 Å². The minimum atomic E-state index is -0.794. The highest BCUT2D eigenvalue weighted by molar-refractivity contribution is 6.32. The molecule has 0 spiro atoms. The molecule has 0 saturated heterocycles. The number of nitrogens with zero attached hydrogens (tertiary/aromatic N) is 2. The number of para-hydroxylation sites is 1. The molecule has 0 radical (unpaired) electrons. The Labute approximate surface area is 197 Å². The predicted octanol–water partition coefficient (Wildman–Crippen LogP) is 5.62. The van der Waals surface area contributed by atoms with E-state index in [4.69, 9.17) is 11.6 Å². The van der Waals surface area contributed by atoms with Crippen LogP contribution in [0.15, 0.2) is 97.2 Å². The molecule has 1 aliphatic rings. The number of hydrogen-bond donors (Lipinski definition) is 1. The van der Waals surface area contributed by atoms with Gasteiger partial charge in [-0.1, -0.05) is 48.5 Å². The summed E-state index contributed by atoms with van der Waals surface area (Å²) in [5, 5.41) is 2.03. The first-order chi connectivity index (χ1) is 16.1. The first-order valence-electron chi connectivity index (χ1n) is 10.7. The van der Waals surface area contributed by atoms with Gasteiger partial charge in [0, 0.05) is 35.4 Å². The average molecular weight is 456 g/mol. The number of halogens is 1. The van der Waals surface area contributed by atoms with Gasteiger partial charge in [0.2, 0.25) is 5.91 Å². The second kappa shape index (κ2) is 8.96. The summed E-state index contributed by atoms with van der Waals surface area (Å²) in [6.45, 7) is 1.22. The smallest absolute Gasteiger partial charge is 0.258 e. The summed E-state index contributed by atoms with van der Waals surface area (Å²) in [5.41, 5.74) is 4.96. The average Bonchev–Trinajstić information content (AvgIpc) is 3.23. The number of benzene rings is 3. The van der Waals surface area contributed by atoms with Crippen LogP contribution in [0.1, 0.15) is 32.6 Å². The summed E-state index contributed by atoms with van der Waals surface area (Å²) >= 11 is 6.31. The zero-order valence-corrected chi connectivity index (χ0v) is 18.6. The van der Waals surface area contributed by atoms with Crippen molar-refractivity contribution in [1.29, 1.82) is 0 Å². The van der Waals surface area contributed by atoms with E-state index in [2.05, 4.69) is 16.0 Å². The van der Waals surface area contributed by atoms with Crippen molar-refractivity contribution in [1.82, 2.24) is 4.57 Å². The first kappa shape index (κ1) is 21.0. The second-order valence-corrected chi connectivity index (χ2v) is 8.42. The van der Waals surface area contributed by atoms with E-state index in [1.807, 2.05) is 71.8 Å². The quantitative estimate of drug-likeness (QED) is 0.406. The SMILES string of the molecule is O=C(Nc1ccc(C(=O)N2Cc3cccn3Cc3ccccc32)cc1)C(Cl)c1ccccc1. The fourth-order valence-corrected chi connectivity index (χ4v) is 4.30. The molecule has 0 aliphatic carbocycles. The Kier molecular flexibility index (Phi) is 5.71. The lowest BCUT2D eigenvalue weighted by atomic mass is 10.1. The third kappa shape index (κ3) is 4.28. The van der Waals surface area contributed by atoms with Gasteiger partial charge in [-0.15, -0.1) is 11.6 Å². The molecule has 2 amide bonds. The Balaban J connectivity index is 1.35. The van der Waals surface area contributed by atoms with E-state index >= 15 is 0 Å². The van der Waals surface area contributed by atoms with Crippen molar-refractivity contribution >= 4 is 34.8 Å². The van der Waals surface area contributed by atoms with Crippen molar-refractivity contribution < 1.29 is 9.59 Å². The van der Waals surface area contributed by atoms with E-state index in [-0.39, 0.29) is 11.8 Å². The molecule has 4 aromatic rings. The van der Waals surface area contributed by atoms with Crippen LogP contribution < -0.4 is 10.2 Å². The van der Waals surface area contributed by atoms with Crippen LogP contribution in [0, 0.1) is 0 Å². The molecular weight excluding hydrogens is 434 g/mol. The molecule has 5 nitrogen and oxygen atoms in total. The number of carbonyl (C=O) groups excluding carboxylic acids is 2. The first-order valence-corrected chi connectivity index (χ1v) is 11.2. The molecular formula is C27H22ClN3O2. The number of alkyl halides is 1. The highest BCUT2D eigenvalue weighted by Crippen LogP contribution is 2.29. The Morgan fingerprint density at radius 3 is 2.33 bits per heavy atom. The van der Waals surface area contributed by atoms with Gasteiger partial charge in [0.25, 0.3) is 5.91 Å². The van der Waals surface area contributed by atoms with Crippen molar-refractivity contribution in [2.24, 2.45) is 0 Å². The molecule has 1 aromatic heterocycles. The van der Waals surface area contributed by atoms with Crippen molar-refractivity contribution in [3.05, 3.63) is 120 Å². The Morgan fingerprint density at radius 1 is 0.818 bits per heavy atom. The largest absolute Gasteiger partial charge is 0.345 e. The molecule has 1 atom stereocenters. The van der Waals surface area contributed by atoms with Gasteiger partial charge < -0.3 is 14.8 Å². The van der Waals surface area contributed by atoms with E-state index < -0.39 is 5.38 Å². The van der Waals surface area contributed by atoms with Crippen LogP contribution in [0.5, 0.6) is 0 Å². The van der Waals surface area contributed by atoms with E-state index in [9.17, 15) is 9.59 Å². The maximum Gasteiger partial charge on any atom is 0.258 e. The maximum absolute atomic E-state index is 13.5. The standard InChI is InChI=1S/C27H22ClN3O2/c28-25(19-7-2-1-3-8-19)26(32)29-22-14-12-20(13-15-22)27(33)31-18-23-10-6-16-30(23)17-21-9-4-5-11-24(21)31/h1-16,25H,17-18H2,(H,29,32). The van der Waals surface area contributed by atoms with Crippen LogP contribution in [0.4, 0.5) is 11.4 Å². The van der Waals surface area contributed by atoms with Gasteiger partial charge in [-0.05, 0) is 53.6 Å². The van der Waals surface area contributed by atoms with Crippen molar-refractivity contribution in [2.75, 3.05) is 10.2 Å². The third-order valence-corrected chi connectivity index (χ3v) is 6.28. The number of carbonyl (C=O) groups is 2. The molecule has 0 bridgehead atoms. The number of fused-ring (bicyclic) bond motifs is 2. The summed E-state index contributed by atoms with van der Waals surface area (Å²) in [7, 11) is 0. The summed E-state index contributed by atoms with van der Waals surface area (Å²) in [6.07, 6.45) is 2.04. The molecule has 6 heteroatoms. The van der Waals surface area contributed by atoms with Gasteiger partial charge in [0.15, 0.2) is 0 Å². The lowest BCUT2D eigenvalue weighted by molar-refractivity contribution is -0.116. The summed E-state index contributed by atoms with van der Waals surface area (Å²) in [5.74, 6) is -0.404. The summed E-state index contributed by atoms with van der Waals surface area (Å²) in [6, 6.07) is 28.1. The number of amides is 2. The monoisotopic (exact) mass is 455 g/mol. The van der Waals surface area contributed by atoms with Gasteiger partial charge in [-0.3, -0.25) is 9.59 Å². The zero-order chi connectivity index (χ0) is 22.8. The van der Waals surface area contributed by atoms with E-state index in [0.29, 0.717) is 17.8 Å². The number of hydrogen-bond acceptors (Lipinski definition) is 2. The lowest BCUT2D eigenvalue weighted by Gasteiger charge is -2.23. The van der Waals surface area contributed by atoms with Gasteiger partial charge in [-0.2, -0.15) is 0 Å². The van der Waals surface area contributed by atoms with Gasteiger partial charge >= 0.3 is 0 Å². The minimum absolute atomic E-state index is 0.0884. The van der Waals surface area contributed by atoms with Crippen LogP contribution in [0.2, 0.25) is 0 Å². The predicted molar refractivity (Wildman–Crippen MR) is 131 cm³/mol. The van der Waals surface area contributed by atoms with Crippen LogP contribution in [-0.2, 0) is 17.9 Å².